The minimum absolute atomic E-state index is 0.161. The van der Waals surface area contributed by atoms with E-state index in [0.29, 0.717) is 17.0 Å². The molecule has 178 valence electrons. The molecule has 9 heteroatoms. The lowest BCUT2D eigenvalue weighted by atomic mass is 10.1. The number of amides is 2. The van der Waals surface area contributed by atoms with Gasteiger partial charge < -0.3 is 14.2 Å². The maximum absolute atomic E-state index is 13.1. The van der Waals surface area contributed by atoms with Crippen molar-refractivity contribution in [2.75, 3.05) is 21.3 Å². The number of aromatic nitrogens is 2. The Hall–Kier alpha value is -4.79. The molecule has 0 unspecified atom stereocenters. The second-order valence-electron chi connectivity index (χ2n) is 7.33. The van der Waals surface area contributed by atoms with Crippen molar-refractivity contribution in [2.24, 2.45) is 0 Å². The molecule has 4 aromatic rings. The van der Waals surface area contributed by atoms with Crippen LogP contribution in [-0.2, 0) is 0 Å². The second kappa shape index (κ2) is 10.4. The third kappa shape index (κ3) is 4.79. The highest BCUT2D eigenvalue weighted by molar-refractivity contribution is 6.03. The van der Waals surface area contributed by atoms with Crippen LogP contribution in [0.25, 0.3) is 16.9 Å². The number of nitrogens with one attached hydrogen (secondary N) is 2. The van der Waals surface area contributed by atoms with Crippen LogP contribution in [0.15, 0.2) is 79.0 Å². The highest BCUT2D eigenvalue weighted by Gasteiger charge is 2.23. The third-order valence-electron chi connectivity index (χ3n) is 5.27. The Balaban J connectivity index is 1.61. The lowest BCUT2D eigenvalue weighted by molar-refractivity contribution is 0.0845. The summed E-state index contributed by atoms with van der Waals surface area (Å²) in [4.78, 5) is 26.0. The topological polar surface area (TPSA) is 104 Å². The van der Waals surface area contributed by atoms with E-state index in [1.54, 1.807) is 16.9 Å². The van der Waals surface area contributed by atoms with Crippen molar-refractivity contribution < 1.29 is 23.8 Å². The van der Waals surface area contributed by atoms with Crippen molar-refractivity contribution >= 4 is 11.8 Å². The van der Waals surface area contributed by atoms with Gasteiger partial charge in [0.15, 0.2) is 11.5 Å². The fourth-order valence-corrected chi connectivity index (χ4v) is 3.59. The van der Waals surface area contributed by atoms with Crippen LogP contribution >= 0.6 is 0 Å². The summed E-state index contributed by atoms with van der Waals surface area (Å²) in [7, 11) is 4.34. The molecule has 0 saturated heterocycles. The van der Waals surface area contributed by atoms with Crippen LogP contribution < -0.4 is 25.1 Å². The number of hydrogen-bond donors (Lipinski definition) is 2. The molecule has 0 aliphatic carbocycles. The Labute approximate surface area is 202 Å². The minimum Gasteiger partial charge on any atom is -0.493 e. The molecule has 0 aliphatic rings. The molecule has 0 aliphatic heterocycles. The number of hydrogen-bond acceptors (Lipinski definition) is 6. The molecule has 1 aromatic heterocycles. The third-order valence-corrected chi connectivity index (χ3v) is 5.27. The normalized spacial score (nSPS) is 10.4. The molecule has 3 aromatic carbocycles. The van der Waals surface area contributed by atoms with Gasteiger partial charge in [0, 0.05) is 11.8 Å². The highest BCUT2D eigenvalue weighted by atomic mass is 16.5. The SMILES string of the molecule is COc1ccc(C(=O)NNC(=O)c2cn(-c3ccccc3)nc2-c2ccccc2)c(OC)c1OC. The largest absolute Gasteiger partial charge is 0.493 e. The molecule has 9 nitrogen and oxygen atoms in total. The van der Waals surface area contributed by atoms with E-state index in [0.717, 1.165) is 11.3 Å². The summed E-state index contributed by atoms with van der Waals surface area (Å²) in [5, 5.41) is 4.62. The molecule has 0 atom stereocenters. The number of rotatable bonds is 7. The number of benzene rings is 3. The van der Waals surface area contributed by atoms with Crippen molar-refractivity contribution in [3.05, 3.63) is 90.1 Å². The summed E-state index contributed by atoms with van der Waals surface area (Å²) in [6.45, 7) is 0. The first-order valence-electron chi connectivity index (χ1n) is 10.7. The quantitative estimate of drug-likeness (QED) is 0.398. The number of ether oxygens (including phenoxy) is 3. The van der Waals surface area contributed by atoms with Gasteiger partial charge in [0.1, 0.15) is 5.69 Å². The molecule has 0 spiro atoms. The Kier molecular flexibility index (Phi) is 6.96. The summed E-state index contributed by atoms with van der Waals surface area (Å²) in [5.41, 5.74) is 7.39. The molecule has 2 N–H and O–H groups in total. The first-order chi connectivity index (χ1) is 17.1. The standard InChI is InChI=1S/C26H24N4O5/c1-33-21-15-14-19(23(34-2)24(21)35-3)25(31)27-28-26(32)20-16-30(18-12-8-5-9-13-18)29-22(20)17-10-6-4-7-11-17/h4-16H,1-3H3,(H,27,31)(H,28,32). The zero-order valence-electron chi connectivity index (χ0n) is 19.4. The molecule has 0 radical (unpaired) electrons. The van der Waals surface area contributed by atoms with Gasteiger partial charge in [-0.25, -0.2) is 4.68 Å². The lowest BCUT2D eigenvalue weighted by Crippen LogP contribution is -2.41. The molecule has 1 heterocycles. The molecule has 35 heavy (non-hydrogen) atoms. The Morgan fingerprint density at radius 2 is 1.31 bits per heavy atom. The highest BCUT2D eigenvalue weighted by Crippen LogP contribution is 2.39. The van der Waals surface area contributed by atoms with Gasteiger partial charge >= 0.3 is 0 Å². The van der Waals surface area contributed by atoms with E-state index in [-0.39, 0.29) is 17.1 Å². The van der Waals surface area contributed by atoms with E-state index in [1.807, 2.05) is 60.7 Å². The predicted molar refractivity (Wildman–Crippen MR) is 130 cm³/mol. The number of methoxy groups -OCH3 is 3. The summed E-state index contributed by atoms with van der Waals surface area (Å²) >= 11 is 0. The monoisotopic (exact) mass is 472 g/mol. The molecule has 0 saturated carbocycles. The van der Waals surface area contributed by atoms with Crippen molar-refractivity contribution in [3.8, 4) is 34.2 Å². The fraction of sp³-hybridized carbons (Fsp3) is 0.115. The van der Waals surface area contributed by atoms with Gasteiger partial charge in [0.05, 0.1) is 38.1 Å². The summed E-state index contributed by atoms with van der Waals surface area (Å²) in [6.07, 6.45) is 1.62. The van der Waals surface area contributed by atoms with Crippen LogP contribution in [0, 0.1) is 0 Å². The van der Waals surface area contributed by atoms with Crippen LogP contribution in [-0.4, -0.2) is 42.9 Å². The van der Waals surface area contributed by atoms with Crippen molar-refractivity contribution in [1.82, 2.24) is 20.6 Å². The molecular formula is C26H24N4O5. The molecule has 0 bridgehead atoms. The van der Waals surface area contributed by atoms with Gasteiger partial charge in [-0.3, -0.25) is 20.4 Å². The maximum atomic E-state index is 13.1. The maximum Gasteiger partial charge on any atom is 0.273 e. The second-order valence-corrected chi connectivity index (χ2v) is 7.33. The smallest absolute Gasteiger partial charge is 0.273 e. The van der Waals surface area contributed by atoms with Gasteiger partial charge in [0.2, 0.25) is 5.75 Å². The van der Waals surface area contributed by atoms with Gasteiger partial charge in [-0.2, -0.15) is 5.10 Å². The predicted octanol–water partition coefficient (Wildman–Crippen LogP) is 3.64. The van der Waals surface area contributed by atoms with Crippen molar-refractivity contribution in [2.45, 2.75) is 0 Å². The van der Waals surface area contributed by atoms with E-state index in [1.165, 1.54) is 27.4 Å². The van der Waals surface area contributed by atoms with Crippen molar-refractivity contribution in [1.29, 1.82) is 0 Å². The fourth-order valence-electron chi connectivity index (χ4n) is 3.59. The number of para-hydroxylation sites is 1. The van der Waals surface area contributed by atoms with Gasteiger partial charge in [-0.1, -0.05) is 48.5 Å². The number of hydrazine groups is 1. The average molecular weight is 473 g/mol. The summed E-state index contributed by atoms with van der Waals surface area (Å²) < 4.78 is 17.6. The van der Waals surface area contributed by atoms with Gasteiger partial charge in [0.25, 0.3) is 11.8 Å². The van der Waals surface area contributed by atoms with Crippen LogP contribution in [0.4, 0.5) is 0 Å². The van der Waals surface area contributed by atoms with Crippen LogP contribution in [0.1, 0.15) is 20.7 Å². The average Bonchev–Trinajstić information content (AvgIpc) is 3.37. The van der Waals surface area contributed by atoms with E-state index in [2.05, 4.69) is 16.0 Å². The number of carbonyl (C=O) groups is 2. The van der Waals surface area contributed by atoms with E-state index in [4.69, 9.17) is 14.2 Å². The van der Waals surface area contributed by atoms with Crippen LogP contribution in [0.5, 0.6) is 17.2 Å². The minimum atomic E-state index is -0.590. The number of nitrogens with zero attached hydrogens (tertiary/aromatic N) is 2. The van der Waals surface area contributed by atoms with Crippen LogP contribution in [0.2, 0.25) is 0 Å². The molecular weight excluding hydrogens is 448 g/mol. The molecule has 4 rings (SSSR count). The Morgan fingerprint density at radius 3 is 1.91 bits per heavy atom. The summed E-state index contributed by atoms with van der Waals surface area (Å²) in [5.74, 6) is -0.262. The van der Waals surface area contributed by atoms with E-state index < -0.39 is 11.8 Å². The lowest BCUT2D eigenvalue weighted by Gasteiger charge is -2.15. The van der Waals surface area contributed by atoms with Gasteiger partial charge in [-0.05, 0) is 24.3 Å². The van der Waals surface area contributed by atoms with E-state index >= 15 is 0 Å². The number of carbonyl (C=O) groups excluding carboxylic acids is 2. The molecule has 2 amide bonds. The summed E-state index contributed by atoms with van der Waals surface area (Å²) in [6, 6.07) is 21.9. The van der Waals surface area contributed by atoms with Crippen molar-refractivity contribution in [3.63, 3.8) is 0 Å². The Bertz CT molecular complexity index is 1340. The zero-order valence-corrected chi connectivity index (χ0v) is 19.4. The Morgan fingerprint density at radius 1 is 0.714 bits per heavy atom. The van der Waals surface area contributed by atoms with Crippen LogP contribution in [0.3, 0.4) is 0 Å². The zero-order chi connectivity index (χ0) is 24.8. The van der Waals surface area contributed by atoms with Gasteiger partial charge in [-0.15, -0.1) is 0 Å². The first kappa shape index (κ1) is 23.4. The first-order valence-corrected chi connectivity index (χ1v) is 10.7. The molecule has 0 fully saturated rings. The van der Waals surface area contributed by atoms with E-state index in [9.17, 15) is 9.59 Å².